The maximum absolute atomic E-state index is 13.8. The molecule has 3 rings (SSSR count). The fraction of sp³-hybridized carbons (Fsp3) is 0.412. The Hall–Kier alpha value is -1.44. The normalized spacial score (nSPS) is 21.3. The first-order valence-electron chi connectivity index (χ1n) is 7.06. The van der Waals surface area contributed by atoms with Gasteiger partial charge in [0.2, 0.25) is 0 Å². The fourth-order valence-corrected chi connectivity index (χ4v) is 3.32. The van der Waals surface area contributed by atoms with E-state index in [1.807, 2.05) is 0 Å². The Labute approximate surface area is 112 Å². The summed E-state index contributed by atoms with van der Waals surface area (Å²) < 4.78 is 27.3. The molecule has 0 fully saturated rings. The highest BCUT2D eigenvalue weighted by Gasteiger charge is 2.28. The summed E-state index contributed by atoms with van der Waals surface area (Å²) >= 11 is 0. The van der Waals surface area contributed by atoms with Crippen LogP contribution < -0.4 is 0 Å². The molecule has 0 nitrogen and oxygen atoms in total. The molecule has 1 atom stereocenters. The average Bonchev–Trinajstić information content (AvgIpc) is 2.38. The van der Waals surface area contributed by atoms with Crippen molar-refractivity contribution in [1.82, 2.24) is 0 Å². The minimum atomic E-state index is -0.458. The summed E-state index contributed by atoms with van der Waals surface area (Å²) in [4.78, 5) is 0. The van der Waals surface area contributed by atoms with E-state index in [-0.39, 0.29) is 11.7 Å². The zero-order valence-electron chi connectivity index (χ0n) is 11.2. The van der Waals surface area contributed by atoms with Crippen molar-refractivity contribution < 1.29 is 8.78 Å². The van der Waals surface area contributed by atoms with Crippen molar-refractivity contribution >= 4 is 0 Å². The van der Waals surface area contributed by atoms with Crippen molar-refractivity contribution in [2.45, 2.75) is 44.9 Å². The minimum Gasteiger partial charge on any atom is -0.207 e. The van der Waals surface area contributed by atoms with E-state index in [2.05, 4.69) is 19.1 Å². The van der Waals surface area contributed by atoms with Crippen molar-refractivity contribution in [3.05, 3.63) is 58.2 Å². The van der Waals surface area contributed by atoms with Gasteiger partial charge in [-0.15, -0.1) is 0 Å². The standard InChI is InChI=1S/C17H18F2/c1-2-3-11-4-6-14-12(8-11)5-7-15-16(14)9-13(18)10-17(15)19/h4,8-10,14H,2-3,5-7H2,1H3. The molecule has 1 aromatic carbocycles. The van der Waals surface area contributed by atoms with Crippen LogP contribution in [0.3, 0.4) is 0 Å². The molecule has 0 amide bonds. The predicted molar refractivity (Wildman–Crippen MR) is 73.1 cm³/mol. The summed E-state index contributed by atoms with van der Waals surface area (Å²) in [5.74, 6) is -0.646. The Morgan fingerprint density at radius 3 is 2.84 bits per heavy atom. The smallest absolute Gasteiger partial charge is 0.129 e. The summed E-state index contributed by atoms with van der Waals surface area (Å²) in [7, 11) is 0. The Bertz CT molecular complexity index is 567. The quantitative estimate of drug-likeness (QED) is 0.698. The lowest BCUT2D eigenvalue weighted by Crippen LogP contribution is -2.17. The van der Waals surface area contributed by atoms with Gasteiger partial charge in [0, 0.05) is 12.0 Å². The number of hydrogen-bond donors (Lipinski definition) is 0. The SMILES string of the molecule is CCCC1=CCC2C(=C1)CCc1c(F)cc(F)cc12. The van der Waals surface area contributed by atoms with E-state index < -0.39 is 5.82 Å². The minimum absolute atomic E-state index is 0.189. The van der Waals surface area contributed by atoms with Gasteiger partial charge in [-0.05, 0) is 42.9 Å². The molecule has 0 heterocycles. The first-order valence-corrected chi connectivity index (χ1v) is 7.06. The molecule has 0 spiro atoms. The average molecular weight is 260 g/mol. The van der Waals surface area contributed by atoms with Crippen LogP contribution in [0.15, 0.2) is 35.4 Å². The van der Waals surface area contributed by atoms with Crippen LogP contribution in [0.25, 0.3) is 0 Å². The molecule has 0 aromatic heterocycles. The lowest BCUT2D eigenvalue weighted by molar-refractivity contribution is 0.549. The van der Waals surface area contributed by atoms with Gasteiger partial charge >= 0.3 is 0 Å². The second-order valence-electron chi connectivity index (χ2n) is 5.49. The first kappa shape index (κ1) is 12.6. The maximum Gasteiger partial charge on any atom is 0.129 e. The molecule has 0 saturated carbocycles. The molecule has 2 heteroatoms. The number of fused-ring (bicyclic) bond motifs is 3. The van der Waals surface area contributed by atoms with Gasteiger partial charge in [0.25, 0.3) is 0 Å². The zero-order valence-corrected chi connectivity index (χ0v) is 11.2. The van der Waals surface area contributed by atoms with Crippen molar-refractivity contribution in [2.75, 3.05) is 0 Å². The fourth-order valence-electron chi connectivity index (χ4n) is 3.32. The Balaban J connectivity index is 1.98. The predicted octanol–water partition coefficient (Wildman–Crippen LogP) is 5.05. The molecule has 0 radical (unpaired) electrons. The van der Waals surface area contributed by atoms with Gasteiger partial charge in [-0.2, -0.15) is 0 Å². The van der Waals surface area contributed by atoms with Crippen LogP contribution in [-0.2, 0) is 6.42 Å². The number of rotatable bonds is 2. The van der Waals surface area contributed by atoms with E-state index in [9.17, 15) is 8.78 Å². The number of allylic oxidation sites excluding steroid dienone is 4. The number of hydrogen-bond acceptors (Lipinski definition) is 0. The Morgan fingerprint density at radius 1 is 1.21 bits per heavy atom. The molecule has 0 aliphatic heterocycles. The number of halogens is 2. The maximum atomic E-state index is 13.8. The highest BCUT2D eigenvalue weighted by Crippen LogP contribution is 2.42. The van der Waals surface area contributed by atoms with Crippen LogP contribution in [0.4, 0.5) is 8.78 Å². The largest absolute Gasteiger partial charge is 0.207 e. The third kappa shape index (κ3) is 2.24. The van der Waals surface area contributed by atoms with Gasteiger partial charge < -0.3 is 0 Å². The third-order valence-electron chi connectivity index (χ3n) is 4.21. The second-order valence-corrected chi connectivity index (χ2v) is 5.49. The van der Waals surface area contributed by atoms with E-state index >= 15 is 0 Å². The highest BCUT2D eigenvalue weighted by molar-refractivity contribution is 5.46. The van der Waals surface area contributed by atoms with Crippen LogP contribution in [0.2, 0.25) is 0 Å². The van der Waals surface area contributed by atoms with Gasteiger partial charge in [0.15, 0.2) is 0 Å². The van der Waals surface area contributed by atoms with E-state index in [1.165, 1.54) is 17.2 Å². The second kappa shape index (κ2) is 4.92. The zero-order chi connectivity index (χ0) is 13.4. The summed E-state index contributed by atoms with van der Waals surface area (Å²) in [6.07, 6.45) is 9.21. The molecule has 0 saturated heterocycles. The van der Waals surface area contributed by atoms with E-state index in [0.717, 1.165) is 42.9 Å². The Kier molecular flexibility index (Phi) is 3.26. The first-order chi connectivity index (χ1) is 9.19. The molecule has 0 bridgehead atoms. The molecule has 0 N–H and O–H groups in total. The summed E-state index contributed by atoms with van der Waals surface area (Å²) in [5, 5.41) is 0. The van der Waals surface area contributed by atoms with Gasteiger partial charge in [0.1, 0.15) is 11.6 Å². The van der Waals surface area contributed by atoms with E-state index in [4.69, 9.17) is 0 Å². The van der Waals surface area contributed by atoms with Crippen LogP contribution in [0, 0.1) is 11.6 Å². The van der Waals surface area contributed by atoms with E-state index in [1.54, 1.807) is 0 Å². The molecular formula is C17H18F2. The third-order valence-corrected chi connectivity index (χ3v) is 4.21. The highest BCUT2D eigenvalue weighted by atomic mass is 19.1. The van der Waals surface area contributed by atoms with Gasteiger partial charge in [0.05, 0.1) is 0 Å². The topological polar surface area (TPSA) is 0 Å². The van der Waals surface area contributed by atoms with E-state index in [0.29, 0.717) is 6.42 Å². The van der Waals surface area contributed by atoms with Gasteiger partial charge in [-0.3, -0.25) is 0 Å². The molecule has 1 aromatic rings. The van der Waals surface area contributed by atoms with Crippen LogP contribution in [0.5, 0.6) is 0 Å². The van der Waals surface area contributed by atoms with Crippen molar-refractivity contribution in [2.24, 2.45) is 0 Å². The lowest BCUT2D eigenvalue weighted by atomic mass is 9.74. The van der Waals surface area contributed by atoms with Crippen LogP contribution in [0.1, 0.15) is 49.7 Å². The van der Waals surface area contributed by atoms with Crippen LogP contribution >= 0.6 is 0 Å². The van der Waals surface area contributed by atoms with Crippen LogP contribution in [-0.4, -0.2) is 0 Å². The summed E-state index contributed by atoms with van der Waals surface area (Å²) in [6.45, 7) is 2.17. The molecule has 19 heavy (non-hydrogen) atoms. The van der Waals surface area contributed by atoms with Crippen molar-refractivity contribution in [3.63, 3.8) is 0 Å². The summed E-state index contributed by atoms with van der Waals surface area (Å²) in [5.41, 5.74) is 4.32. The number of benzene rings is 1. The van der Waals surface area contributed by atoms with Gasteiger partial charge in [-0.25, -0.2) is 8.78 Å². The Morgan fingerprint density at radius 2 is 2.05 bits per heavy atom. The molecule has 100 valence electrons. The molecule has 2 aliphatic carbocycles. The van der Waals surface area contributed by atoms with Gasteiger partial charge in [-0.1, -0.05) is 36.6 Å². The van der Waals surface area contributed by atoms with Crippen molar-refractivity contribution in [3.8, 4) is 0 Å². The molecule has 2 aliphatic rings. The lowest BCUT2D eigenvalue weighted by Gasteiger charge is -2.31. The summed E-state index contributed by atoms with van der Waals surface area (Å²) in [6, 6.07) is 2.53. The monoisotopic (exact) mass is 260 g/mol. The molecule has 1 unspecified atom stereocenters. The van der Waals surface area contributed by atoms with Crippen molar-refractivity contribution in [1.29, 1.82) is 0 Å². The molecular weight excluding hydrogens is 242 g/mol.